The van der Waals surface area contributed by atoms with Gasteiger partial charge in [0.05, 0.1) is 34.5 Å². The summed E-state index contributed by atoms with van der Waals surface area (Å²) in [6.07, 6.45) is 6.20. The first-order valence-electron chi connectivity index (χ1n) is 7.97. The van der Waals surface area contributed by atoms with Crippen molar-refractivity contribution < 1.29 is 4.79 Å². The van der Waals surface area contributed by atoms with E-state index in [0.29, 0.717) is 6.54 Å². The Labute approximate surface area is 144 Å². The lowest BCUT2D eigenvalue weighted by atomic mass is 10.1. The van der Waals surface area contributed by atoms with Crippen LogP contribution in [-0.2, 0) is 17.9 Å². The van der Waals surface area contributed by atoms with Crippen LogP contribution in [0.2, 0.25) is 0 Å². The van der Waals surface area contributed by atoms with Gasteiger partial charge in [-0.2, -0.15) is 10.2 Å². The van der Waals surface area contributed by atoms with Crippen LogP contribution in [0.5, 0.6) is 0 Å². The lowest BCUT2D eigenvalue weighted by Gasteiger charge is -2.12. The molecule has 0 aromatic carbocycles. The first-order valence-corrected chi connectivity index (χ1v) is 8.76. The number of hydrogen-bond acceptors (Lipinski definition) is 3. The highest BCUT2D eigenvalue weighted by atomic mass is 79.9. The molecule has 3 rings (SSSR count). The van der Waals surface area contributed by atoms with Gasteiger partial charge in [-0.15, -0.1) is 0 Å². The minimum absolute atomic E-state index is 0.0142. The van der Waals surface area contributed by atoms with Crippen molar-refractivity contribution >= 4 is 27.5 Å². The molecule has 1 aliphatic carbocycles. The predicted octanol–water partition coefficient (Wildman–Crippen LogP) is 3.14. The van der Waals surface area contributed by atoms with E-state index in [0.717, 1.165) is 34.0 Å². The third kappa shape index (κ3) is 3.83. The number of anilines is 1. The zero-order valence-corrected chi connectivity index (χ0v) is 15.3. The Bertz CT molecular complexity index is 716. The van der Waals surface area contributed by atoms with Gasteiger partial charge in [0.1, 0.15) is 0 Å². The van der Waals surface area contributed by atoms with Crippen LogP contribution in [-0.4, -0.2) is 25.5 Å². The molecule has 1 N–H and O–H groups in total. The largest absolute Gasteiger partial charge is 0.323 e. The molecule has 7 heteroatoms. The molecule has 0 aliphatic heterocycles. The first-order chi connectivity index (χ1) is 10.9. The normalized spacial score (nSPS) is 15.7. The van der Waals surface area contributed by atoms with Crippen molar-refractivity contribution in [1.82, 2.24) is 19.6 Å². The maximum Gasteiger partial charge on any atom is 0.229 e. The molecule has 2 aromatic rings. The number of carbonyl (C=O) groups excluding carboxylic acids is 1. The van der Waals surface area contributed by atoms with Crippen LogP contribution in [0.25, 0.3) is 0 Å². The van der Waals surface area contributed by atoms with E-state index in [1.807, 2.05) is 36.3 Å². The number of hydrogen-bond donors (Lipinski definition) is 1. The van der Waals surface area contributed by atoms with E-state index in [2.05, 4.69) is 31.4 Å². The molecule has 6 nitrogen and oxygen atoms in total. The number of nitrogens with zero attached hydrogens (tertiary/aromatic N) is 4. The van der Waals surface area contributed by atoms with Gasteiger partial charge < -0.3 is 5.32 Å². The number of nitrogens with one attached hydrogen (secondary N) is 1. The second-order valence-electron chi connectivity index (χ2n) is 6.45. The molecule has 2 heterocycles. The monoisotopic (exact) mass is 379 g/mol. The summed E-state index contributed by atoms with van der Waals surface area (Å²) in [5.74, 6) is 0.577. The van der Waals surface area contributed by atoms with Crippen molar-refractivity contribution in [3.05, 3.63) is 28.3 Å². The second-order valence-corrected chi connectivity index (χ2v) is 7.24. The van der Waals surface area contributed by atoms with Crippen LogP contribution < -0.4 is 5.32 Å². The van der Waals surface area contributed by atoms with E-state index >= 15 is 0 Å². The number of amides is 1. The summed E-state index contributed by atoms with van der Waals surface area (Å²) in [5.41, 5.74) is 2.74. The van der Waals surface area contributed by atoms with Gasteiger partial charge in [-0.05, 0) is 48.5 Å². The number of rotatable bonds is 6. The summed E-state index contributed by atoms with van der Waals surface area (Å²) in [6.45, 7) is 7.36. The summed E-state index contributed by atoms with van der Waals surface area (Å²) < 4.78 is 4.79. The van der Waals surface area contributed by atoms with Crippen molar-refractivity contribution in [2.45, 2.75) is 46.7 Å². The van der Waals surface area contributed by atoms with Crippen LogP contribution in [0.3, 0.4) is 0 Å². The molecule has 2 aromatic heterocycles. The molecule has 1 fully saturated rings. The maximum absolute atomic E-state index is 12.4. The van der Waals surface area contributed by atoms with Gasteiger partial charge >= 0.3 is 0 Å². The number of aromatic nitrogens is 4. The van der Waals surface area contributed by atoms with Crippen molar-refractivity contribution in [1.29, 1.82) is 0 Å². The Balaban J connectivity index is 1.58. The van der Waals surface area contributed by atoms with Crippen molar-refractivity contribution in [3.8, 4) is 0 Å². The van der Waals surface area contributed by atoms with Crippen LogP contribution in [0.1, 0.15) is 31.2 Å². The Morgan fingerprint density at radius 1 is 1.48 bits per heavy atom. The molecule has 1 amide bonds. The first kappa shape index (κ1) is 16.2. The molecule has 0 bridgehead atoms. The molecule has 23 heavy (non-hydrogen) atoms. The van der Waals surface area contributed by atoms with Gasteiger partial charge in [-0.25, -0.2) is 0 Å². The predicted molar refractivity (Wildman–Crippen MR) is 92.1 cm³/mol. The molecule has 1 aliphatic rings. The zero-order chi connectivity index (χ0) is 16.6. The summed E-state index contributed by atoms with van der Waals surface area (Å²) in [5, 5.41) is 11.7. The van der Waals surface area contributed by atoms with Crippen molar-refractivity contribution in [2.75, 3.05) is 5.32 Å². The molecule has 1 unspecified atom stereocenters. The maximum atomic E-state index is 12.4. The van der Waals surface area contributed by atoms with E-state index in [9.17, 15) is 4.79 Å². The Morgan fingerprint density at radius 3 is 2.83 bits per heavy atom. The number of aryl methyl sites for hydroxylation is 1. The van der Waals surface area contributed by atoms with E-state index in [1.165, 1.54) is 12.8 Å². The standard InChI is InChI=1S/C16H22BrN5O/c1-10(7-22-12(3)15(17)11(2)20-22)16(23)19-14-6-18-21(9-14)8-13-4-5-13/h6,9-10,13H,4-5,7-8H2,1-3H3,(H,19,23). The average Bonchev–Trinajstić information content (AvgIpc) is 3.17. The van der Waals surface area contributed by atoms with E-state index in [-0.39, 0.29) is 11.8 Å². The highest BCUT2D eigenvalue weighted by Crippen LogP contribution is 2.30. The molecule has 0 spiro atoms. The van der Waals surface area contributed by atoms with E-state index in [1.54, 1.807) is 6.20 Å². The zero-order valence-electron chi connectivity index (χ0n) is 13.7. The lowest BCUT2D eigenvalue weighted by Crippen LogP contribution is -2.25. The van der Waals surface area contributed by atoms with Gasteiger partial charge in [-0.3, -0.25) is 14.2 Å². The molecular weight excluding hydrogens is 358 g/mol. The highest BCUT2D eigenvalue weighted by molar-refractivity contribution is 9.10. The van der Waals surface area contributed by atoms with Gasteiger partial charge in [0.2, 0.25) is 5.91 Å². The van der Waals surface area contributed by atoms with Crippen molar-refractivity contribution in [2.24, 2.45) is 11.8 Å². The second kappa shape index (κ2) is 6.47. The summed E-state index contributed by atoms with van der Waals surface area (Å²) in [7, 11) is 0. The molecular formula is C16H22BrN5O. The lowest BCUT2D eigenvalue weighted by molar-refractivity contribution is -0.119. The fourth-order valence-electron chi connectivity index (χ4n) is 2.55. The molecule has 124 valence electrons. The third-order valence-electron chi connectivity index (χ3n) is 4.23. The minimum atomic E-state index is -0.174. The van der Waals surface area contributed by atoms with E-state index in [4.69, 9.17) is 0 Å². The third-order valence-corrected chi connectivity index (χ3v) is 5.38. The highest BCUT2D eigenvalue weighted by Gasteiger charge is 2.22. The smallest absolute Gasteiger partial charge is 0.229 e. The van der Waals surface area contributed by atoms with Crippen LogP contribution in [0.15, 0.2) is 16.9 Å². The average molecular weight is 380 g/mol. The number of halogens is 1. The molecule has 0 radical (unpaired) electrons. The summed E-state index contributed by atoms with van der Waals surface area (Å²) >= 11 is 3.51. The quantitative estimate of drug-likeness (QED) is 0.838. The Morgan fingerprint density at radius 2 is 2.22 bits per heavy atom. The van der Waals surface area contributed by atoms with Gasteiger partial charge in [-0.1, -0.05) is 6.92 Å². The van der Waals surface area contributed by atoms with Gasteiger partial charge in [0.25, 0.3) is 0 Å². The molecule has 1 atom stereocenters. The minimum Gasteiger partial charge on any atom is -0.323 e. The molecule has 0 saturated heterocycles. The molecule has 1 saturated carbocycles. The Kier molecular flexibility index (Phi) is 4.57. The van der Waals surface area contributed by atoms with E-state index < -0.39 is 0 Å². The summed E-state index contributed by atoms with van der Waals surface area (Å²) in [4.78, 5) is 12.4. The van der Waals surface area contributed by atoms with Crippen LogP contribution in [0, 0.1) is 25.7 Å². The number of carbonyl (C=O) groups is 1. The summed E-state index contributed by atoms with van der Waals surface area (Å²) in [6, 6.07) is 0. The van der Waals surface area contributed by atoms with Crippen LogP contribution >= 0.6 is 15.9 Å². The van der Waals surface area contributed by atoms with Gasteiger partial charge in [0.15, 0.2) is 0 Å². The van der Waals surface area contributed by atoms with Crippen LogP contribution in [0.4, 0.5) is 5.69 Å². The van der Waals surface area contributed by atoms with Gasteiger partial charge in [0, 0.05) is 18.4 Å². The fourth-order valence-corrected chi connectivity index (χ4v) is 2.84. The fraction of sp³-hybridized carbons (Fsp3) is 0.562. The SMILES string of the molecule is Cc1nn(CC(C)C(=O)Nc2cnn(CC3CC3)c2)c(C)c1Br. The Hall–Kier alpha value is -1.63. The van der Waals surface area contributed by atoms with Crippen molar-refractivity contribution in [3.63, 3.8) is 0 Å². The topological polar surface area (TPSA) is 64.7 Å².